The molecule has 0 aromatic heterocycles. The average molecular weight is 1160 g/mol. The summed E-state index contributed by atoms with van der Waals surface area (Å²) >= 11 is -0.826. The first-order valence-corrected chi connectivity index (χ1v) is 35.9. The molecule has 0 nitrogen and oxygen atoms in total. The molecule has 0 N–H and O–H groups in total. The second-order valence-corrected chi connectivity index (χ2v) is 25.1. The van der Waals surface area contributed by atoms with E-state index in [0.29, 0.717) is 0 Å². The molecule has 0 spiro atoms. The van der Waals surface area contributed by atoms with Gasteiger partial charge in [0, 0.05) is 9.52 Å². The van der Waals surface area contributed by atoms with Crippen LogP contribution in [0.4, 0.5) is 0 Å². The number of rotatable bonds is 10. The molecule has 4 heteroatoms. The topological polar surface area (TPSA) is 0 Å². The maximum absolute atomic E-state index is 4.93. The Morgan fingerprint density at radius 1 is 0.287 bits per heavy atom. The summed E-state index contributed by atoms with van der Waals surface area (Å²) in [7, 11) is 11.0. The van der Waals surface area contributed by atoms with E-state index in [1.54, 1.807) is 0 Å². The average Bonchev–Trinajstić information content (AvgIpc) is 4.24. The van der Waals surface area contributed by atoms with Crippen LogP contribution in [0.3, 0.4) is 0 Å². The molecule has 0 amide bonds. The van der Waals surface area contributed by atoms with Crippen molar-refractivity contribution in [1.29, 1.82) is 0 Å². The minimum absolute atomic E-state index is 0.826. The van der Waals surface area contributed by atoms with Crippen molar-refractivity contribution >= 4 is 91.2 Å². The third kappa shape index (κ3) is 12.0. The third-order valence-electron chi connectivity index (χ3n) is 15.3. The van der Waals surface area contributed by atoms with Crippen molar-refractivity contribution in [3.05, 3.63) is 301 Å². The van der Waals surface area contributed by atoms with Gasteiger partial charge in [0.25, 0.3) is 0 Å². The molecule has 0 bridgehead atoms. The molecule has 14 rings (SSSR count). The molecule has 0 saturated heterocycles. The van der Waals surface area contributed by atoms with E-state index in [1.807, 2.05) is 0 Å². The number of hydrogen-bond acceptors (Lipinski definition) is 0. The van der Waals surface area contributed by atoms with E-state index >= 15 is 0 Å². The molecule has 0 aliphatic carbocycles. The Balaban J connectivity index is 0.000000154. The second kappa shape index (κ2) is 26.2. The maximum atomic E-state index is 4.93. The van der Waals surface area contributed by atoms with Crippen molar-refractivity contribution in [3.63, 3.8) is 0 Å². The summed E-state index contributed by atoms with van der Waals surface area (Å²) < 4.78 is 0. The van der Waals surface area contributed by atoms with Gasteiger partial charge in [-0.15, -0.1) is 44.8 Å². The van der Waals surface area contributed by atoms with Crippen molar-refractivity contribution in [1.82, 2.24) is 0 Å². The number of fused-ring (bicyclic) bond motifs is 6. The molecule has 0 unspecified atom stereocenters. The molecule has 0 fully saturated rings. The van der Waals surface area contributed by atoms with E-state index in [1.165, 1.54) is 131 Å². The van der Waals surface area contributed by atoms with Gasteiger partial charge in [-0.25, -0.2) is 0 Å². The summed E-state index contributed by atoms with van der Waals surface area (Å²) in [5.41, 5.74) is 16.0. The van der Waals surface area contributed by atoms with Gasteiger partial charge in [0.05, 0.1) is 0 Å². The summed E-state index contributed by atoms with van der Waals surface area (Å²) in [5, 5.41) is 15.7. The molecule has 14 aromatic carbocycles. The van der Waals surface area contributed by atoms with E-state index in [2.05, 4.69) is 292 Å². The third-order valence-corrected chi connectivity index (χ3v) is 15.3. The number of aryl methyl sites for hydroxylation is 4. The van der Waals surface area contributed by atoms with Crippen LogP contribution in [0.25, 0.3) is 109 Å². The van der Waals surface area contributed by atoms with Crippen molar-refractivity contribution in [2.24, 2.45) is 0 Å². The van der Waals surface area contributed by atoms with Crippen LogP contribution in [0.15, 0.2) is 279 Å². The summed E-state index contributed by atoms with van der Waals surface area (Å²) in [4.78, 5) is 0. The number of hydrogen-bond donors (Lipinski definition) is 0. The van der Waals surface area contributed by atoms with Gasteiger partial charge in [0.2, 0.25) is 0 Å². The van der Waals surface area contributed by atoms with E-state index in [9.17, 15) is 0 Å². The smallest absolute Gasteiger partial charge is 0.0114 e. The van der Waals surface area contributed by atoms with E-state index < -0.39 is 20.8 Å². The normalized spacial score (nSPS) is 10.9. The Labute approximate surface area is 492 Å². The van der Waals surface area contributed by atoms with Crippen LogP contribution in [0.5, 0.6) is 0 Å². The number of benzene rings is 12. The maximum Gasteiger partial charge on any atom is -0.0114 e. The van der Waals surface area contributed by atoms with Gasteiger partial charge in [0.1, 0.15) is 0 Å². The zero-order chi connectivity index (χ0) is 54.6. The second-order valence-electron chi connectivity index (χ2n) is 20.4. The fourth-order valence-corrected chi connectivity index (χ4v) is 11.7. The molecule has 0 atom stereocenters. The van der Waals surface area contributed by atoms with Gasteiger partial charge >= 0.3 is 37.9 Å². The van der Waals surface area contributed by atoms with Gasteiger partial charge in [-0.05, 0) is 91.0 Å². The van der Waals surface area contributed by atoms with Crippen molar-refractivity contribution in [2.75, 3.05) is 0 Å². The van der Waals surface area contributed by atoms with E-state index in [4.69, 9.17) is 17.0 Å². The predicted octanol–water partition coefficient (Wildman–Crippen LogP) is 22.1. The minimum Gasteiger partial charge on any atom is -0.164 e. The van der Waals surface area contributed by atoms with Crippen LogP contribution >= 0.6 is 17.0 Å². The zero-order valence-electron chi connectivity index (χ0n) is 45.1. The molecular formula is C76H60Cl2SiZr. The summed E-state index contributed by atoms with van der Waals surface area (Å²) in [6, 6.07) is 102. The van der Waals surface area contributed by atoms with Gasteiger partial charge in [-0.3, -0.25) is 0 Å². The molecule has 0 heterocycles. The van der Waals surface area contributed by atoms with Crippen molar-refractivity contribution in [2.45, 2.75) is 38.8 Å². The van der Waals surface area contributed by atoms with Gasteiger partial charge < -0.3 is 0 Å². The molecule has 80 heavy (non-hydrogen) atoms. The van der Waals surface area contributed by atoms with E-state index in [-0.39, 0.29) is 0 Å². The molecular weight excluding hydrogens is 1100 g/mol. The molecule has 0 saturated carbocycles. The van der Waals surface area contributed by atoms with Crippen LogP contribution in [-0.4, -0.2) is 9.52 Å². The molecule has 0 aliphatic rings. The van der Waals surface area contributed by atoms with Crippen LogP contribution in [-0.2, 0) is 46.5 Å². The Hall–Kier alpha value is -7.42. The minimum atomic E-state index is -0.826. The molecule has 0 aliphatic heterocycles. The van der Waals surface area contributed by atoms with Crippen LogP contribution in [0, 0.1) is 0 Å². The van der Waals surface area contributed by atoms with Gasteiger partial charge in [-0.1, -0.05) is 301 Å². The van der Waals surface area contributed by atoms with Crippen LogP contribution < -0.4 is 0 Å². The Morgan fingerprint density at radius 3 is 0.863 bits per heavy atom. The largest absolute Gasteiger partial charge is 0.164 e. The SMILES string of the molecule is C[Si]C.[Cl][Zr+2][Cl].c1ccc(CCc2cc3c(-c4cccc5ccccc45)ccc(-c4cccc5ccccc45)c3[cH-]2)cc1.c1ccc(CCc2cc3c(-c4cccc5ccccc45)ccc(-c4cccc5ccccc45)c3[cH-]2)cc1. The fraction of sp³-hybridized carbons (Fsp3) is 0.0789. The van der Waals surface area contributed by atoms with Gasteiger partial charge in [-0.2, -0.15) is 12.1 Å². The first-order valence-electron chi connectivity index (χ1n) is 27.5. The summed E-state index contributed by atoms with van der Waals surface area (Å²) in [5.74, 6) is 0. The monoisotopic (exact) mass is 1160 g/mol. The van der Waals surface area contributed by atoms with Crippen molar-refractivity contribution < 1.29 is 20.8 Å². The Bertz CT molecular complexity index is 3830. The quantitative estimate of drug-likeness (QED) is 0.0946. The van der Waals surface area contributed by atoms with Crippen molar-refractivity contribution in [3.8, 4) is 44.5 Å². The fourth-order valence-electron chi connectivity index (χ4n) is 11.7. The van der Waals surface area contributed by atoms with Crippen LogP contribution in [0.1, 0.15) is 22.3 Å². The first-order chi connectivity index (χ1) is 39.5. The van der Waals surface area contributed by atoms with Gasteiger partial charge in [0.15, 0.2) is 0 Å². The molecule has 386 valence electrons. The first kappa shape index (κ1) is 54.5. The standard InChI is InChI=1S/2C37H27.C2H6Si.2ClH.Zr/c2*1-2-10-26(11-3-1)20-21-27-24-36-34(32-18-8-14-28-12-4-6-16-30(28)32)22-23-35(37(36)25-27)33-19-9-15-29-13-5-7-17-31(29)33;1-3-2;;;/h2*1-19,22-25H,20-21H2;1-2H3;2*1H;/q2*-1;;;;+4/p-2. The predicted molar refractivity (Wildman–Crippen MR) is 348 cm³/mol. The van der Waals surface area contributed by atoms with Crippen LogP contribution in [0.2, 0.25) is 13.1 Å². The molecule has 2 radical (unpaired) electrons. The Morgan fingerprint density at radius 2 is 0.537 bits per heavy atom. The van der Waals surface area contributed by atoms with E-state index in [0.717, 1.165) is 35.2 Å². The zero-order valence-corrected chi connectivity index (χ0v) is 50.1. The Kier molecular flexibility index (Phi) is 17.9. The number of halogens is 2. The summed E-state index contributed by atoms with van der Waals surface area (Å²) in [6.07, 6.45) is 4.15. The molecule has 14 aromatic rings. The summed E-state index contributed by atoms with van der Waals surface area (Å²) in [6.45, 7) is 4.31.